The monoisotopic (exact) mass is 368 g/mol. The van der Waals surface area contributed by atoms with Gasteiger partial charge in [-0.1, -0.05) is 30.5 Å². The van der Waals surface area contributed by atoms with Crippen molar-refractivity contribution in [3.8, 4) is 0 Å². The number of nitrogens with zero attached hydrogens (tertiary/aromatic N) is 2. The number of benzene rings is 1. The predicted molar refractivity (Wildman–Crippen MR) is 88.2 cm³/mol. The lowest BCUT2D eigenvalue weighted by Crippen LogP contribution is -3.09. The highest BCUT2D eigenvalue weighted by atomic mass is 35.5. The van der Waals surface area contributed by atoms with Gasteiger partial charge in [-0.3, -0.25) is 14.5 Å². The van der Waals surface area contributed by atoms with Crippen LogP contribution in [0.15, 0.2) is 18.2 Å². The zero-order valence-electron chi connectivity index (χ0n) is 13.9. The summed E-state index contributed by atoms with van der Waals surface area (Å²) < 4.78 is 13.9. The number of imide groups is 2. The van der Waals surface area contributed by atoms with E-state index in [1.54, 1.807) is 13.1 Å². The molecule has 8 heteroatoms. The third-order valence-electron chi connectivity index (χ3n) is 4.74. The van der Waals surface area contributed by atoms with E-state index < -0.39 is 23.7 Å². The Hall–Kier alpha value is -1.99. The Morgan fingerprint density at radius 3 is 2.52 bits per heavy atom. The molecule has 1 saturated carbocycles. The maximum absolute atomic E-state index is 13.9. The van der Waals surface area contributed by atoms with Crippen molar-refractivity contribution < 1.29 is 23.7 Å². The largest absolute Gasteiger partial charge is 0.338 e. The van der Waals surface area contributed by atoms with E-state index in [1.807, 2.05) is 0 Å². The first-order valence-electron chi connectivity index (χ1n) is 8.33. The minimum atomic E-state index is -0.809. The van der Waals surface area contributed by atoms with Gasteiger partial charge in [-0.2, -0.15) is 0 Å². The van der Waals surface area contributed by atoms with Gasteiger partial charge in [0, 0.05) is 6.04 Å². The number of rotatable bonds is 5. The molecule has 0 aromatic heterocycles. The van der Waals surface area contributed by atoms with E-state index in [4.69, 9.17) is 11.6 Å². The molecule has 0 spiro atoms. The van der Waals surface area contributed by atoms with Gasteiger partial charge in [0.05, 0.1) is 17.6 Å². The molecule has 1 aromatic rings. The first-order valence-corrected chi connectivity index (χ1v) is 8.71. The van der Waals surface area contributed by atoms with Crippen LogP contribution in [0.5, 0.6) is 0 Å². The Morgan fingerprint density at radius 1 is 1.20 bits per heavy atom. The van der Waals surface area contributed by atoms with Gasteiger partial charge in [0.1, 0.15) is 12.4 Å². The van der Waals surface area contributed by atoms with Crippen molar-refractivity contribution in [3.05, 3.63) is 34.6 Å². The first kappa shape index (κ1) is 17.8. The molecule has 0 bridgehead atoms. The summed E-state index contributed by atoms with van der Waals surface area (Å²) in [6, 6.07) is 3.66. The van der Waals surface area contributed by atoms with E-state index >= 15 is 0 Å². The first-order chi connectivity index (χ1) is 11.9. The molecule has 2 aliphatic rings. The Bertz CT molecular complexity index is 701. The second-order valence-electron chi connectivity index (χ2n) is 6.62. The van der Waals surface area contributed by atoms with Crippen LogP contribution in [0.4, 0.5) is 9.18 Å². The average Bonchev–Trinajstić information content (AvgIpc) is 3.15. The van der Waals surface area contributed by atoms with Crippen LogP contribution in [-0.2, 0) is 16.1 Å². The van der Waals surface area contributed by atoms with Crippen molar-refractivity contribution in [1.82, 2.24) is 9.80 Å². The number of quaternary nitrogens is 1. The van der Waals surface area contributed by atoms with Crippen molar-refractivity contribution in [3.63, 3.8) is 0 Å². The molecule has 0 radical (unpaired) electrons. The Labute approximate surface area is 150 Å². The summed E-state index contributed by atoms with van der Waals surface area (Å²) in [4.78, 5) is 39.6. The van der Waals surface area contributed by atoms with E-state index in [0.29, 0.717) is 15.5 Å². The fraction of sp³-hybridized carbons (Fsp3) is 0.471. The molecule has 3 rings (SSSR count). The number of halogens is 2. The predicted octanol–water partition coefficient (Wildman–Crippen LogP) is 1.18. The maximum atomic E-state index is 13.9. The van der Waals surface area contributed by atoms with Gasteiger partial charge in [-0.25, -0.2) is 14.1 Å². The molecular formula is C17H20ClFN3O3+. The summed E-state index contributed by atoms with van der Waals surface area (Å²) >= 11 is 6.02. The number of hydrogen-bond acceptors (Lipinski definition) is 3. The van der Waals surface area contributed by atoms with E-state index in [1.165, 1.54) is 12.1 Å². The Kier molecular flexibility index (Phi) is 5.06. The van der Waals surface area contributed by atoms with Crippen LogP contribution in [0.3, 0.4) is 0 Å². The third-order valence-corrected chi connectivity index (χ3v) is 5.10. The minimum absolute atomic E-state index is 0.0166. The van der Waals surface area contributed by atoms with Crippen LogP contribution in [0.25, 0.3) is 0 Å². The lowest BCUT2D eigenvalue weighted by molar-refractivity contribution is -0.901. The van der Waals surface area contributed by atoms with Crippen molar-refractivity contribution in [1.29, 1.82) is 0 Å². The smallest absolute Gasteiger partial charge is 0.316 e. The fourth-order valence-electron chi connectivity index (χ4n) is 3.47. The van der Waals surface area contributed by atoms with E-state index in [2.05, 4.69) is 0 Å². The molecule has 2 fully saturated rings. The molecule has 4 amide bonds. The highest BCUT2D eigenvalue weighted by Crippen LogP contribution is 2.27. The second-order valence-corrected chi connectivity index (χ2v) is 7.03. The molecule has 25 heavy (non-hydrogen) atoms. The number of amides is 4. The van der Waals surface area contributed by atoms with Crippen LogP contribution in [-0.4, -0.2) is 47.4 Å². The maximum Gasteiger partial charge on any atom is 0.338 e. The average molecular weight is 369 g/mol. The highest BCUT2D eigenvalue weighted by Gasteiger charge is 2.49. The van der Waals surface area contributed by atoms with E-state index in [9.17, 15) is 18.8 Å². The zero-order chi connectivity index (χ0) is 18.1. The van der Waals surface area contributed by atoms with Crippen LogP contribution in [0, 0.1) is 5.82 Å². The summed E-state index contributed by atoms with van der Waals surface area (Å²) in [6.45, 7) is 0.178. The summed E-state index contributed by atoms with van der Waals surface area (Å²) in [5.41, 5.74) is 0.319. The summed E-state index contributed by atoms with van der Waals surface area (Å²) in [6.07, 6.45) is 3.39. The van der Waals surface area contributed by atoms with Gasteiger partial charge in [0.25, 0.3) is 0 Å². The molecule has 1 unspecified atom stereocenters. The molecule has 6 nitrogen and oxygen atoms in total. The number of urea groups is 1. The highest BCUT2D eigenvalue weighted by molar-refractivity contribution is 6.44. The van der Waals surface area contributed by atoms with Crippen molar-refractivity contribution in [2.75, 3.05) is 13.7 Å². The van der Waals surface area contributed by atoms with Crippen LogP contribution < -0.4 is 4.90 Å². The number of carbonyl (C=O) groups excluding carboxylic acids is 3. The van der Waals surface area contributed by atoms with Crippen LogP contribution in [0.2, 0.25) is 5.02 Å². The number of hydrogen-bond donors (Lipinski definition) is 1. The second kappa shape index (κ2) is 7.09. The topological polar surface area (TPSA) is 62.1 Å². The van der Waals surface area contributed by atoms with Gasteiger partial charge in [-0.15, -0.1) is 0 Å². The standard InChI is InChI=1S/C17H19ClFN3O3/c1-20(9-12-13(18)7-4-8-14(12)19)10-21-15(23)16(24)22(17(21)25)11-5-2-3-6-11/h4,7-8,11H,2-3,5-6,9-10H2,1H3/p+1. The van der Waals surface area contributed by atoms with Crippen LogP contribution in [0.1, 0.15) is 31.2 Å². The van der Waals surface area contributed by atoms with Gasteiger partial charge >= 0.3 is 17.8 Å². The third kappa shape index (κ3) is 3.39. The molecule has 1 aromatic carbocycles. The summed E-state index contributed by atoms with van der Waals surface area (Å²) in [7, 11) is 1.71. The Balaban J connectivity index is 1.70. The molecule has 1 aliphatic carbocycles. The molecule has 1 aliphatic heterocycles. The normalized spacial score (nSPS) is 20.0. The zero-order valence-corrected chi connectivity index (χ0v) is 14.7. The van der Waals surface area contributed by atoms with Crippen molar-refractivity contribution in [2.24, 2.45) is 0 Å². The molecule has 1 saturated heterocycles. The fourth-order valence-corrected chi connectivity index (χ4v) is 3.70. The molecule has 134 valence electrons. The number of carbonyl (C=O) groups is 3. The number of nitrogens with one attached hydrogen (secondary N) is 1. The molecule has 1 atom stereocenters. The lowest BCUT2D eigenvalue weighted by Gasteiger charge is -2.23. The van der Waals surface area contributed by atoms with Gasteiger partial charge < -0.3 is 4.90 Å². The molecule has 1 N–H and O–H groups in total. The lowest BCUT2D eigenvalue weighted by atomic mass is 10.2. The van der Waals surface area contributed by atoms with Crippen molar-refractivity contribution in [2.45, 2.75) is 38.3 Å². The molecule has 1 heterocycles. The van der Waals surface area contributed by atoms with Crippen molar-refractivity contribution >= 4 is 29.4 Å². The van der Waals surface area contributed by atoms with E-state index in [0.717, 1.165) is 35.5 Å². The minimum Gasteiger partial charge on any atom is -0.316 e. The van der Waals surface area contributed by atoms with E-state index in [-0.39, 0.29) is 19.3 Å². The van der Waals surface area contributed by atoms with Crippen LogP contribution >= 0.6 is 11.6 Å². The molecular weight excluding hydrogens is 349 g/mol. The Morgan fingerprint density at radius 2 is 1.88 bits per heavy atom. The van der Waals surface area contributed by atoms with Gasteiger partial charge in [-0.05, 0) is 25.0 Å². The van der Waals surface area contributed by atoms with Gasteiger partial charge in [0.2, 0.25) is 0 Å². The van der Waals surface area contributed by atoms with Gasteiger partial charge in [0.15, 0.2) is 6.67 Å². The quantitative estimate of drug-likeness (QED) is 0.627. The SMILES string of the molecule is C[NH+](Cc1c(F)cccc1Cl)CN1C(=O)C(=O)N(C2CCCC2)C1=O. The summed E-state index contributed by atoms with van der Waals surface area (Å²) in [5.74, 6) is -2.00. The summed E-state index contributed by atoms with van der Waals surface area (Å²) in [5, 5.41) is 0.294.